The van der Waals surface area contributed by atoms with Gasteiger partial charge in [0.2, 0.25) is 0 Å². The number of benzene rings is 1. The molecule has 1 aromatic carbocycles. The highest BCUT2D eigenvalue weighted by Crippen LogP contribution is 2.31. The second-order valence-electron chi connectivity index (χ2n) is 5.95. The van der Waals surface area contributed by atoms with Crippen LogP contribution in [0.2, 0.25) is 0 Å². The van der Waals surface area contributed by atoms with Gasteiger partial charge in [-0.25, -0.2) is 9.97 Å². The summed E-state index contributed by atoms with van der Waals surface area (Å²) >= 11 is 0. The number of nitrogens with zero attached hydrogens (tertiary/aromatic N) is 5. The van der Waals surface area contributed by atoms with Gasteiger partial charge in [0.1, 0.15) is 11.6 Å². The van der Waals surface area contributed by atoms with Gasteiger partial charge in [-0.15, -0.1) is 0 Å². The van der Waals surface area contributed by atoms with E-state index in [0.29, 0.717) is 0 Å². The molecule has 1 aliphatic rings. The molecule has 0 spiro atoms. The first kappa shape index (κ1) is 13.3. The SMILES string of the molecule is c1ccc2c(c1)CCC(Nc1ccnc3ccnn13)c1nccn1-2. The lowest BCUT2D eigenvalue weighted by Gasteiger charge is -2.18. The second kappa shape index (κ2) is 5.19. The maximum atomic E-state index is 4.62. The average molecular weight is 316 g/mol. The van der Waals surface area contributed by atoms with Gasteiger partial charge in [0.25, 0.3) is 0 Å². The van der Waals surface area contributed by atoms with E-state index in [-0.39, 0.29) is 6.04 Å². The van der Waals surface area contributed by atoms with Gasteiger partial charge in [0.15, 0.2) is 5.65 Å². The third-order valence-corrected chi connectivity index (χ3v) is 4.55. The maximum absolute atomic E-state index is 4.62. The van der Waals surface area contributed by atoms with Gasteiger partial charge >= 0.3 is 0 Å². The number of rotatable bonds is 2. The molecular formula is C18H16N6. The van der Waals surface area contributed by atoms with E-state index in [1.54, 1.807) is 12.4 Å². The van der Waals surface area contributed by atoms with Gasteiger partial charge in [0.05, 0.1) is 12.2 Å². The molecule has 1 unspecified atom stereocenters. The van der Waals surface area contributed by atoms with Gasteiger partial charge in [-0.2, -0.15) is 9.61 Å². The predicted octanol–water partition coefficient (Wildman–Crippen LogP) is 3.01. The Hall–Kier alpha value is -3.15. The lowest BCUT2D eigenvalue weighted by Crippen LogP contribution is -2.16. The van der Waals surface area contributed by atoms with Crippen LogP contribution in [0, 0.1) is 0 Å². The first-order chi connectivity index (χ1) is 11.9. The first-order valence-corrected chi connectivity index (χ1v) is 8.07. The van der Waals surface area contributed by atoms with Crippen molar-refractivity contribution in [1.29, 1.82) is 0 Å². The fraction of sp³-hybridized carbons (Fsp3) is 0.167. The van der Waals surface area contributed by atoms with E-state index in [4.69, 9.17) is 0 Å². The molecule has 0 bridgehead atoms. The Morgan fingerprint density at radius 3 is 2.96 bits per heavy atom. The zero-order valence-electron chi connectivity index (χ0n) is 13.0. The molecule has 0 amide bonds. The molecule has 1 N–H and O–H groups in total. The minimum absolute atomic E-state index is 0.113. The van der Waals surface area contributed by atoms with Crippen LogP contribution in [0.25, 0.3) is 11.3 Å². The fourth-order valence-corrected chi connectivity index (χ4v) is 3.42. The van der Waals surface area contributed by atoms with E-state index in [9.17, 15) is 0 Å². The predicted molar refractivity (Wildman–Crippen MR) is 91.2 cm³/mol. The number of aromatic nitrogens is 5. The van der Waals surface area contributed by atoms with Gasteiger partial charge in [0, 0.05) is 30.3 Å². The van der Waals surface area contributed by atoms with Gasteiger partial charge in [-0.1, -0.05) is 18.2 Å². The highest BCUT2D eigenvalue weighted by Gasteiger charge is 2.23. The number of hydrogen-bond donors (Lipinski definition) is 1. The number of imidazole rings is 1. The van der Waals surface area contributed by atoms with Crippen molar-refractivity contribution in [1.82, 2.24) is 24.1 Å². The van der Waals surface area contributed by atoms with Gasteiger partial charge in [-0.3, -0.25) is 0 Å². The number of para-hydroxylation sites is 1. The highest BCUT2D eigenvalue weighted by molar-refractivity contribution is 5.49. The van der Waals surface area contributed by atoms with Crippen molar-refractivity contribution in [2.24, 2.45) is 0 Å². The van der Waals surface area contributed by atoms with E-state index < -0.39 is 0 Å². The summed E-state index contributed by atoms with van der Waals surface area (Å²) in [4.78, 5) is 8.94. The molecule has 6 nitrogen and oxygen atoms in total. The summed E-state index contributed by atoms with van der Waals surface area (Å²) in [7, 11) is 0. The van der Waals surface area contributed by atoms with Crippen LogP contribution in [0.3, 0.4) is 0 Å². The van der Waals surface area contributed by atoms with Crippen LogP contribution in [0.15, 0.2) is 61.2 Å². The minimum Gasteiger partial charge on any atom is -0.360 e. The molecule has 3 aromatic heterocycles. The maximum Gasteiger partial charge on any atom is 0.157 e. The monoisotopic (exact) mass is 316 g/mol. The first-order valence-electron chi connectivity index (χ1n) is 8.07. The Balaban J connectivity index is 1.58. The molecule has 0 fully saturated rings. The number of aryl methyl sites for hydroxylation is 1. The molecule has 0 aliphatic carbocycles. The Bertz CT molecular complexity index is 1010. The zero-order chi connectivity index (χ0) is 15.9. The standard InChI is InChI=1S/C18H16N6/c1-2-4-15-13(3-1)5-6-14(18-20-11-12-23(15)18)22-17-7-9-19-16-8-10-21-24(16)17/h1-4,7-12,14,22H,5-6H2. The molecule has 4 heterocycles. The highest BCUT2D eigenvalue weighted by atomic mass is 15.3. The van der Waals surface area contributed by atoms with Crippen LogP contribution in [0.5, 0.6) is 0 Å². The van der Waals surface area contributed by atoms with Crippen LogP contribution < -0.4 is 5.32 Å². The van der Waals surface area contributed by atoms with Crippen LogP contribution >= 0.6 is 0 Å². The molecule has 118 valence electrons. The largest absolute Gasteiger partial charge is 0.360 e. The Morgan fingerprint density at radius 1 is 1.00 bits per heavy atom. The van der Waals surface area contributed by atoms with Crippen molar-refractivity contribution in [2.45, 2.75) is 18.9 Å². The summed E-state index contributed by atoms with van der Waals surface area (Å²) in [5.41, 5.74) is 3.40. The molecule has 5 rings (SSSR count). The zero-order valence-corrected chi connectivity index (χ0v) is 13.0. The van der Waals surface area contributed by atoms with Crippen molar-refractivity contribution in [3.63, 3.8) is 0 Å². The lowest BCUT2D eigenvalue weighted by atomic mass is 10.1. The normalized spacial score (nSPS) is 16.4. The topological polar surface area (TPSA) is 60.0 Å². The number of nitrogens with one attached hydrogen (secondary N) is 1. The third kappa shape index (κ3) is 2.00. The number of hydrogen-bond acceptors (Lipinski definition) is 4. The van der Waals surface area contributed by atoms with Gasteiger partial charge < -0.3 is 9.88 Å². The Kier molecular flexibility index (Phi) is 2.88. The van der Waals surface area contributed by atoms with Gasteiger partial charge in [-0.05, 0) is 30.5 Å². The van der Waals surface area contributed by atoms with Crippen molar-refractivity contribution in [3.05, 3.63) is 72.6 Å². The third-order valence-electron chi connectivity index (χ3n) is 4.55. The van der Waals surface area contributed by atoms with Crippen LogP contribution in [-0.2, 0) is 6.42 Å². The molecule has 4 aromatic rings. The van der Waals surface area contributed by atoms with E-state index in [1.807, 2.05) is 29.0 Å². The molecule has 0 radical (unpaired) electrons. The Labute approximate surface area is 138 Å². The van der Waals surface area contributed by atoms with Crippen LogP contribution in [-0.4, -0.2) is 24.1 Å². The summed E-state index contributed by atoms with van der Waals surface area (Å²) in [5, 5.41) is 7.96. The smallest absolute Gasteiger partial charge is 0.157 e. The molecule has 1 atom stereocenters. The number of fused-ring (bicyclic) bond motifs is 4. The fourth-order valence-electron chi connectivity index (χ4n) is 3.42. The molecule has 0 saturated heterocycles. The van der Waals surface area contributed by atoms with E-state index in [2.05, 4.69) is 49.2 Å². The second-order valence-corrected chi connectivity index (χ2v) is 5.95. The van der Waals surface area contributed by atoms with Crippen molar-refractivity contribution in [2.75, 3.05) is 5.32 Å². The van der Waals surface area contributed by atoms with Crippen molar-refractivity contribution in [3.8, 4) is 5.69 Å². The molecule has 6 heteroatoms. The summed E-state index contributed by atoms with van der Waals surface area (Å²) < 4.78 is 4.01. The summed E-state index contributed by atoms with van der Waals surface area (Å²) in [6.07, 6.45) is 9.44. The lowest BCUT2D eigenvalue weighted by molar-refractivity contribution is 0.654. The molecule has 0 saturated carbocycles. The van der Waals surface area contributed by atoms with E-state index in [0.717, 1.165) is 30.1 Å². The van der Waals surface area contributed by atoms with E-state index >= 15 is 0 Å². The molecular weight excluding hydrogens is 300 g/mol. The van der Waals surface area contributed by atoms with Crippen molar-refractivity contribution >= 4 is 11.5 Å². The van der Waals surface area contributed by atoms with Crippen molar-refractivity contribution < 1.29 is 0 Å². The van der Waals surface area contributed by atoms with E-state index in [1.165, 1.54) is 11.3 Å². The minimum atomic E-state index is 0.113. The van der Waals surface area contributed by atoms with Crippen LogP contribution in [0.4, 0.5) is 5.82 Å². The quantitative estimate of drug-likeness (QED) is 0.617. The number of anilines is 1. The average Bonchev–Trinajstić information content (AvgIpc) is 3.26. The molecule has 1 aliphatic heterocycles. The van der Waals surface area contributed by atoms with Crippen LogP contribution in [0.1, 0.15) is 23.9 Å². The summed E-state index contributed by atoms with van der Waals surface area (Å²) in [6, 6.07) is 12.5. The Morgan fingerprint density at radius 2 is 1.96 bits per heavy atom. The summed E-state index contributed by atoms with van der Waals surface area (Å²) in [5.74, 6) is 1.95. The summed E-state index contributed by atoms with van der Waals surface area (Å²) in [6.45, 7) is 0. The molecule has 24 heavy (non-hydrogen) atoms.